The molecule has 0 bridgehead atoms. The number of fused-ring (bicyclic) bond motifs is 2. The van der Waals surface area contributed by atoms with Crippen LogP contribution in [0.1, 0.15) is 28.8 Å². The molecule has 5 nitrogen and oxygen atoms in total. The number of hydrogen-bond acceptors (Lipinski definition) is 3. The molecule has 130 valence electrons. The Labute approximate surface area is 151 Å². The standard InChI is InChI=1S/C21H18N2O3/c24-19(13-12-15-7-2-1-3-8-15)23-17-10-5-4-9-16(17)20(25)22-14-6-11-18(22)21(23)26/h1-5,7-10,12-13,18H,6,11,14H2/b13-12+/t18-/m1/s1. The van der Waals surface area contributed by atoms with Crippen molar-refractivity contribution in [1.29, 1.82) is 0 Å². The van der Waals surface area contributed by atoms with Gasteiger partial charge in [0.15, 0.2) is 0 Å². The maximum atomic E-state index is 13.1. The monoisotopic (exact) mass is 346 g/mol. The molecule has 1 atom stereocenters. The van der Waals surface area contributed by atoms with Crippen LogP contribution in [0.3, 0.4) is 0 Å². The molecule has 0 aromatic heterocycles. The second kappa shape index (κ2) is 6.59. The highest BCUT2D eigenvalue weighted by Crippen LogP contribution is 2.32. The molecular formula is C21H18N2O3. The Balaban J connectivity index is 1.74. The van der Waals surface area contributed by atoms with Crippen molar-refractivity contribution in [2.75, 3.05) is 11.4 Å². The van der Waals surface area contributed by atoms with E-state index in [0.717, 1.165) is 16.9 Å². The van der Waals surface area contributed by atoms with E-state index in [-0.39, 0.29) is 11.8 Å². The predicted octanol–water partition coefficient (Wildman–Crippen LogP) is 2.88. The summed E-state index contributed by atoms with van der Waals surface area (Å²) in [5.41, 5.74) is 1.63. The van der Waals surface area contributed by atoms with Crippen LogP contribution in [-0.4, -0.2) is 35.2 Å². The minimum Gasteiger partial charge on any atom is -0.327 e. The van der Waals surface area contributed by atoms with Crippen molar-refractivity contribution < 1.29 is 14.4 Å². The molecular weight excluding hydrogens is 328 g/mol. The molecule has 1 saturated heterocycles. The quantitative estimate of drug-likeness (QED) is 0.786. The Hall–Kier alpha value is -3.21. The number of hydrogen-bond donors (Lipinski definition) is 0. The number of amides is 3. The van der Waals surface area contributed by atoms with Crippen LogP contribution >= 0.6 is 0 Å². The normalized spacial score (nSPS) is 19.5. The van der Waals surface area contributed by atoms with E-state index in [1.54, 1.807) is 35.2 Å². The number of nitrogens with zero attached hydrogens (tertiary/aromatic N) is 2. The van der Waals surface area contributed by atoms with E-state index in [9.17, 15) is 14.4 Å². The molecule has 2 aliphatic heterocycles. The lowest BCUT2D eigenvalue weighted by molar-refractivity contribution is -0.126. The Morgan fingerprint density at radius 3 is 2.54 bits per heavy atom. The molecule has 0 spiro atoms. The van der Waals surface area contributed by atoms with Gasteiger partial charge in [-0.3, -0.25) is 14.4 Å². The van der Waals surface area contributed by atoms with Crippen molar-refractivity contribution in [3.63, 3.8) is 0 Å². The Bertz CT molecular complexity index is 904. The molecule has 0 aliphatic carbocycles. The zero-order valence-corrected chi connectivity index (χ0v) is 14.2. The van der Waals surface area contributed by atoms with Crippen molar-refractivity contribution in [2.45, 2.75) is 18.9 Å². The maximum absolute atomic E-state index is 13.1. The molecule has 3 amide bonds. The SMILES string of the molecule is O=C(/C=C/c1ccccc1)N1C(=O)[C@H]2CCCN2C(=O)c2ccccc21. The molecule has 0 saturated carbocycles. The molecule has 5 heteroatoms. The van der Waals surface area contributed by atoms with Gasteiger partial charge >= 0.3 is 0 Å². The van der Waals surface area contributed by atoms with Crippen molar-refractivity contribution in [3.05, 3.63) is 71.8 Å². The number of para-hydroxylation sites is 1. The predicted molar refractivity (Wildman–Crippen MR) is 98.5 cm³/mol. The third kappa shape index (κ3) is 2.71. The van der Waals surface area contributed by atoms with Crippen molar-refractivity contribution in [1.82, 2.24) is 4.90 Å². The third-order valence-corrected chi connectivity index (χ3v) is 4.83. The van der Waals surface area contributed by atoms with Gasteiger partial charge in [-0.2, -0.15) is 0 Å². The van der Waals surface area contributed by atoms with Gasteiger partial charge in [-0.05, 0) is 36.6 Å². The third-order valence-electron chi connectivity index (χ3n) is 4.83. The number of imide groups is 1. The fraction of sp³-hybridized carbons (Fsp3) is 0.190. The minimum atomic E-state index is -0.566. The zero-order valence-electron chi connectivity index (χ0n) is 14.2. The van der Waals surface area contributed by atoms with Gasteiger partial charge in [0.1, 0.15) is 6.04 Å². The molecule has 4 rings (SSSR count). The molecule has 2 aromatic carbocycles. The first-order valence-electron chi connectivity index (χ1n) is 8.68. The summed E-state index contributed by atoms with van der Waals surface area (Å²) in [7, 11) is 0. The average Bonchev–Trinajstić information content (AvgIpc) is 3.14. The molecule has 1 fully saturated rings. The van der Waals surface area contributed by atoms with Gasteiger partial charge in [0, 0.05) is 12.6 Å². The fourth-order valence-corrected chi connectivity index (χ4v) is 3.57. The lowest BCUT2D eigenvalue weighted by atomic mass is 10.1. The lowest BCUT2D eigenvalue weighted by Gasteiger charge is -2.23. The second-order valence-corrected chi connectivity index (χ2v) is 6.43. The number of carbonyl (C=O) groups is 3. The van der Waals surface area contributed by atoms with Crippen molar-refractivity contribution >= 4 is 29.5 Å². The highest BCUT2D eigenvalue weighted by Gasteiger charge is 2.43. The lowest BCUT2D eigenvalue weighted by Crippen LogP contribution is -2.46. The van der Waals surface area contributed by atoms with Gasteiger partial charge < -0.3 is 4.90 Å². The minimum absolute atomic E-state index is 0.182. The first-order valence-corrected chi connectivity index (χ1v) is 8.68. The van der Waals surface area contributed by atoms with E-state index in [0.29, 0.717) is 24.2 Å². The number of rotatable bonds is 2. The van der Waals surface area contributed by atoms with Crippen LogP contribution in [0.15, 0.2) is 60.7 Å². The Morgan fingerprint density at radius 1 is 1.00 bits per heavy atom. The van der Waals surface area contributed by atoms with E-state index in [2.05, 4.69) is 0 Å². The zero-order chi connectivity index (χ0) is 18.1. The summed E-state index contributed by atoms with van der Waals surface area (Å²) in [6.45, 7) is 0.547. The van der Waals surface area contributed by atoms with E-state index in [1.807, 2.05) is 30.3 Å². The number of carbonyl (C=O) groups excluding carboxylic acids is 3. The largest absolute Gasteiger partial charge is 0.327 e. The smallest absolute Gasteiger partial charge is 0.257 e. The van der Waals surface area contributed by atoms with E-state index < -0.39 is 11.9 Å². The van der Waals surface area contributed by atoms with Crippen LogP contribution in [0, 0.1) is 0 Å². The van der Waals surface area contributed by atoms with Crippen LogP contribution in [0.2, 0.25) is 0 Å². The topological polar surface area (TPSA) is 57.7 Å². The summed E-state index contributed by atoms with van der Waals surface area (Å²) in [5, 5.41) is 0. The van der Waals surface area contributed by atoms with Crippen LogP contribution in [0.4, 0.5) is 5.69 Å². The summed E-state index contributed by atoms with van der Waals surface area (Å²) in [6, 6.07) is 15.7. The first-order chi connectivity index (χ1) is 12.7. The Kier molecular flexibility index (Phi) is 4.13. The van der Waals surface area contributed by atoms with Gasteiger partial charge in [-0.1, -0.05) is 42.5 Å². The van der Waals surface area contributed by atoms with Crippen LogP contribution in [0.25, 0.3) is 6.08 Å². The highest BCUT2D eigenvalue weighted by molar-refractivity contribution is 6.25. The number of benzene rings is 2. The molecule has 2 aromatic rings. The highest BCUT2D eigenvalue weighted by atomic mass is 16.2. The molecule has 0 N–H and O–H groups in total. The Morgan fingerprint density at radius 2 is 1.73 bits per heavy atom. The molecule has 2 heterocycles. The summed E-state index contributed by atoms with van der Waals surface area (Å²) >= 11 is 0. The van der Waals surface area contributed by atoms with E-state index in [1.165, 1.54) is 6.08 Å². The van der Waals surface area contributed by atoms with Crippen LogP contribution in [-0.2, 0) is 9.59 Å². The van der Waals surface area contributed by atoms with Gasteiger partial charge in [-0.15, -0.1) is 0 Å². The average molecular weight is 346 g/mol. The van der Waals surface area contributed by atoms with Gasteiger partial charge in [0.05, 0.1) is 11.3 Å². The van der Waals surface area contributed by atoms with Crippen molar-refractivity contribution in [3.8, 4) is 0 Å². The molecule has 26 heavy (non-hydrogen) atoms. The van der Waals surface area contributed by atoms with E-state index in [4.69, 9.17) is 0 Å². The van der Waals surface area contributed by atoms with Gasteiger partial charge in [0.25, 0.3) is 17.7 Å². The maximum Gasteiger partial charge on any atom is 0.257 e. The van der Waals surface area contributed by atoms with Crippen LogP contribution < -0.4 is 4.90 Å². The number of anilines is 1. The first kappa shape index (κ1) is 16.3. The summed E-state index contributed by atoms with van der Waals surface area (Å²) < 4.78 is 0. The summed E-state index contributed by atoms with van der Waals surface area (Å²) in [6.07, 6.45) is 4.42. The van der Waals surface area contributed by atoms with E-state index >= 15 is 0 Å². The molecule has 0 unspecified atom stereocenters. The molecule has 2 aliphatic rings. The van der Waals surface area contributed by atoms with Gasteiger partial charge in [-0.25, -0.2) is 4.90 Å². The second-order valence-electron chi connectivity index (χ2n) is 6.43. The summed E-state index contributed by atoms with van der Waals surface area (Å²) in [4.78, 5) is 41.5. The fourth-order valence-electron chi connectivity index (χ4n) is 3.57. The van der Waals surface area contributed by atoms with Crippen LogP contribution in [0.5, 0.6) is 0 Å². The summed E-state index contributed by atoms with van der Waals surface area (Å²) in [5.74, 6) is -0.949. The van der Waals surface area contributed by atoms with Crippen molar-refractivity contribution in [2.24, 2.45) is 0 Å². The molecule has 0 radical (unpaired) electrons. The van der Waals surface area contributed by atoms with Gasteiger partial charge in [0.2, 0.25) is 0 Å².